The highest BCUT2D eigenvalue weighted by Gasteiger charge is 2.22. The number of hydrogen-bond donors (Lipinski definition) is 1. The number of carbonyl (C=O) groups excluding carboxylic acids is 1. The summed E-state index contributed by atoms with van der Waals surface area (Å²) < 4.78 is 6.27. The molecule has 8 heteroatoms. The van der Waals surface area contributed by atoms with Crippen molar-refractivity contribution in [2.75, 3.05) is 20.2 Å². The van der Waals surface area contributed by atoms with E-state index in [9.17, 15) is 9.59 Å². The molecule has 1 aromatic heterocycles. The minimum absolute atomic E-state index is 0.00102. The maximum atomic E-state index is 12.2. The van der Waals surface area contributed by atoms with Crippen molar-refractivity contribution in [1.29, 1.82) is 0 Å². The van der Waals surface area contributed by atoms with Crippen LogP contribution in [0.1, 0.15) is 35.4 Å². The first-order valence-corrected chi connectivity index (χ1v) is 6.56. The molecule has 1 aromatic rings. The van der Waals surface area contributed by atoms with Crippen molar-refractivity contribution < 1.29 is 19.4 Å². The molecule has 1 amide bonds. The predicted octanol–water partition coefficient (Wildman–Crippen LogP) is 0.135. The molecule has 2 heterocycles. The third-order valence-corrected chi connectivity index (χ3v) is 3.32. The number of ether oxygens (including phenoxy) is 1. The van der Waals surface area contributed by atoms with Gasteiger partial charge in [0.25, 0.3) is 0 Å². The molecule has 0 radical (unpaired) electrons. The van der Waals surface area contributed by atoms with Crippen molar-refractivity contribution in [2.45, 2.75) is 32.4 Å². The van der Waals surface area contributed by atoms with Crippen molar-refractivity contribution in [3.05, 3.63) is 11.4 Å². The highest BCUT2D eigenvalue weighted by atomic mass is 16.5. The van der Waals surface area contributed by atoms with Gasteiger partial charge in [0.05, 0.1) is 12.3 Å². The number of carbonyl (C=O) groups is 2. The van der Waals surface area contributed by atoms with Gasteiger partial charge >= 0.3 is 5.97 Å². The number of aromatic carboxylic acids is 1. The fraction of sp³-hybridized carbons (Fsp3) is 0.667. The van der Waals surface area contributed by atoms with Gasteiger partial charge in [-0.15, -0.1) is 5.10 Å². The van der Waals surface area contributed by atoms with Gasteiger partial charge in [0.1, 0.15) is 6.54 Å². The first-order chi connectivity index (χ1) is 9.63. The maximum absolute atomic E-state index is 12.2. The molecule has 0 atom stereocenters. The molecule has 1 aliphatic heterocycles. The molecule has 2 rings (SSSR count). The normalized spacial score (nSPS) is 15.3. The Morgan fingerprint density at radius 1 is 1.30 bits per heavy atom. The van der Waals surface area contributed by atoms with E-state index < -0.39 is 5.97 Å². The summed E-state index contributed by atoms with van der Waals surface area (Å²) >= 11 is 0. The molecule has 0 saturated carbocycles. The van der Waals surface area contributed by atoms with Gasteiger partial charge in [0, 0.05) is 20.2 Å². The monoisotopic (exact) mass is 282 g/mol. The molecule has 0 unspecified atom stereocenters. The Balaban J connectivity index is 2.11. The van der Waals surface area contributed by atoms with Gasteiger partial charge in [0.2, 0.25) is 5.91 Å². The average molecular weight is 282 g/mol. The van der Waals surface area contributed by atoms with Gasteiger partial charge in [-0.1, -0.05) is 5.21 Å². The summed E-state index contributed by atoms with van der Waals surface area (Å²) in [4.78, 5) is 25.0. The van der Waals surface area contributed by atoms with E-state index in [1.807, 2.05) is 0 Å². The number of piperidine rings is 1. The van der Waals surface area contributed by atoms with E-state index in [2.05, 4.69) is 10.3 Å². The smallest absolute Gasteiger partial charge is 0.358 e. The summed E-state index contributed by atoms with van der Waals surface area (Å²) in [6.07, 6.45) is 3.16. The number of methoxy groups -OCH3 is 1. The van der Waals surface area contributed by atoms with E-state index >= 15 is 0 Å². The number of hydrogen-bond acceptors (Lipinski definition) is 5. The fourth-order valence-electron chi connectivity index (χ4n) is 2.28. The SMILES string of the molecule is COCc1c(C(=O)O)nnn1CC(=O)N1CCCCC1. The van der Waals surface area contributed by atoms with E-state index in [0.29, 0.717) is 5.69 Å². The summed E-state index contributed by atoms with van der Waals surface area (Å²) in [5, 5.41) is 16.4. The van der Waals surface area contributed by atoms with Crippen molar-refractivity contribution in [2.24, 2.45) is 0 Å². The number of rotatable bonds is 5. The molecule has 0 aromatic carbocycles. The van der Waals surface area contributed by atoms with Crippen LogP contribution in [0.5, 0.6) is 0 Å². The van der Waals surface area contributed by atoms with Gasteiger partial charge in [-0.2, -0.15) is 0 Å². The first-order valence-electron chi connectivity index (χ1n) is 6.56. The second kappa shape index (κ2) is 6.47. The van der Waals surface area contributed by atoms with E-state index in [1.54, 1.807) is 4.90 Å². The summed E-state index contributed by atoms with van der Waals surface area (Å²) in [6.45, 7) is 1.55. The number of carboxylic acids is 1. The summed E-state index contributed by atoms with van der Waals surface area (Å²) in [7, 11) is 1.45. The Bertz CT molecular complexity index is 494. The predicted molar refractivity (Wildman–Crippen MR) is 68.1 cm³/mol. The van der Waals surface area contributed by atoms with E-state index in [0.717, 1.165) is 32.4 Å². The molecule has 1 aliphatic rings. The van der Waals surface area contributed by atoms with E-state index in [4.69, 9.17) is 9.84 Å². The highest BCUT2D eigenvalue weighted by Crippen LogP contribution is 2.11. The van der Waals surface area contributed by atoms with Gasteiger partial charge in [-0.05, 0) is 19.3 Å². The molecule has 0 bridgehead atoms. The third kappa shape index (κ3) is 3.13. The largest absolute Gasteiger partial charge is 0.476 e. The van der Waals surface area contributed by atoms with Crippen LogP contribution >= 0.6 is 0 Å². The van der Waals surface area contributed by atoms with Crippen LogP contribution in [0, 0.1) is 0 Å². The molecule has 1 N–H and O–H groups in total. The summed E-state index contributed by atoms with van der Waals surface area (Å²) in [5.41, 5.74) is 0.142. The lowest BCUT2D eigenvalue weighted by Gasteiger charge is -2.26. The van der Waals surface area contributed by atoms with Crippen LogP contribution in [0.3, 0.4) is 0 Å². The van der Waals surface area contributed by atoms with Crippen LogP contribution in [0.15, 0.2) is 0 Å². The Morgan fingerprint density at radius 3 is 2.60 bits per heavy atom. The Morgan fingerprint density at radius 2 is 2.00 bits per heavy atom. The van der Waals surface area contributed by atoms with Crippen molar-refractivity contribution in [1.82, 2.24) is 19.9 Å². The minimum Gasteiger partial charge on any atom is -0.476 e. The highest BCUT2D eigenvalue weighted by molar-refractivity contribution is 5.86. The first kappa shape index (κ1) is 14.4. The molecular formula is C12H18N4O4. The molecule has 1 saturated heterocycles. The summed E-state index contributed by atoms with van der Waals surface area (Å²) in [5.74, 6) is -1.24. The van der Waals surface area contributed by atoms with Gasteiger partial charge in [-0.3, -0.25) is 4.79 Å². The molecular weight excluding hydrogens is 264 g/mol. The van der Waals surface area contributed by atoms with Crippen LogP contribution in [0.2, 0.25) is 0 Å². The quantitative estimate of drug-likeness (QED) is 0.824. The average Bonchev–Trinajstić information content (AvgIpc) is 2.83. The lowest BCUT2D eigenvalue weighted by Crippen LogP contribution is -2.38. The van der Waals surface area contributed by atoms with E-state index in [-0.39, 0.29) is 24.8 Å². The molecule has 20 heavy (non-hydrogen) atoms. The second-order valence-corrected chi connectivity index (χ2v) is 4.72. The number of carboxylic acid groups (broad SMARTS) is 1. The zero-order valence-electron chi connectivity index (χ0n) is 11.4. The second-order valence-electron chi connectivity index (χ2n) is 4.72. The molecule has 8 nitrogen and oxygen atoms in total. The van der Waals surface area contributed by atoms with E-state index in [1.165, 1.54) is 11.8 Å². The topological polar surface area (TPSA) is 97.5 Å². The lowest BCUT2D eigenvalue weighted by molar-refractivity contribution is -0.133. The van der Waals surface area contributed by atoms with Crippen LogP contribution in [0.25, 0.3) is 0 Å². The van der Waals surface area contributed by atoms with Crippen molar-refractivity contribution >= 4 is 11.9 Å². The molecule has 0 spiro atoms. The Hall–Kier alpha value is -1.96. The standard InChI is InChI=1S/C12H18N4O4/c1-20-8-9-11(12(18)19)13-14-16(9)7-10(17)15-5-3-2-4-6-15/h2-8H2,1H3,(H,18,19). The molecule has 110 valence electrons. The number of aromatic nitrogens is 3. The Kier molecular flexibility index (Phi) is 4.67. The van der Waals surface area contributed by atoms with Gasteiger partial charge < -0.3 is 14.7 Å². The van der Waals surface area contributed by atoms with Crippen LogP contribution in [-0.2, 0) is 22.7 Å². The van der Waals surface area contributed by atoms with Gasteiger partial charge in [0.15, 0.2) is 5.69 Å². The third-order valence-electron chi connectivity index (χ3n) is 3.32. The van der Waals surface area contributed by atoms with Crippen LogP contribution < -0.4 is 0 Å². The zero-order chi connectivity index (χ0) is 14.5. The van der Waals surface area contributed by atoms with Gasteiger partial charge in [-0.25, -0.2) is 9.48 Å². The zero-order valence-corrected chi connectivity index (χ0v) is 11.4. The fourth-order valence-corrected chi connectivity index (χ4v) is 2.28. The van der Waals surface area contributed by atoms with Crippen molar-refractivity contribution in [3.8, 4) is 0 Å². The number of nitrogens with zero attached hydrogens (tertiary/aromatic N) is 4. The number of amides is 1. The number of likely N-dealkylation sites (tertiary alicyclic amines) is 1. The molecule has 1 fully saturated rings. The summed E-state index contributed by atoms with van der Waals surface area (Å²) in [6, 6.07) is 0. The lowest BCUT2D eigenvalue weighted by atomic mass is 10.1. The van der Waals surface area contributed by atoms with Crippen molar-refractivity contribution in [3.63, 3.8) is 0 Å². The van der Waals surface area contributed by atoms with Crippen LogP contribution in [0.4, 0.5) is 0 Å². The van der Waals surface area contributed by atoms with Crippen LogP contribution in [-0.4, -0.2) is 57.1 Å². The minimum atomic E-state index is -1.17. The maximum Gasteiger partial charge on any atom is 0.358 e. The Labute approximate surface area is 116 Å². The molecule has 0 aliphatic carbocycles.